The second-order valence-electron chi connectivity index (χ2n) is 11.3. The summed E-state index contributed by atoms with van der Waals surface area (Å²) in [4.78, 5) is 24.9. The number of nitrogens with zero attached hydrogens (tertiary/aromatic N) is 3. The Balaban J connectivity index is 1.54. The van der Waals surface area contributed by atoms with Crippen LogP contribution in [-0.2, 0) is 9.84 Å². The average molecular weight is 566 g/mol. The van der Waals surface area contributed by atoms with Gasteiger partial charge in [0.25, 0.3) is 0 Å². The van der Waals surface area contributed by atoms with E-state index in [1.54, 1.807) is 37.3 Å². The number of ether oxygens (including phenoxy) is 1. The van der Waals surface area contributed by atoms with Crippen LogP contribution >= 0.6 is 0 Å². The lowest BCUT2D eigenvalue weighted by Gasteiger charge is -2.39. The van der Waals surface area contributed by atoms with Gasteiger partial charge in [-0.05, 0) is 80.8 Å². The smallest absolute Gasteiger partial charge is 0.203 e. The minimum absolute atomic E-state index is 0.116. The third-order valence-corrected chi connectivity index (χ3v) is 9.20. The zero-order valence-corrected chi connectivity index (χ0v) is 24.1. The van der Waals surface area contributed by atoms with Crippen LogP contribution in [0.4, 0.5) is 10.2 Å². The Kier molecular flexibility index (Phi) is 8.21. The number of aromatic nitrogens is 2. The number of pyridine rings is 2. The molecule has 1 aromatic carbocycles. The maximum Gasteiger partial charge on any atom is 0.203 e. The molecule has 1 saturated heterocycles. The normalized spacial score (nSPS) is 19.1. The Hall–Kier alpha value is -3.33. The number of carbonyl (C=O) groups excluding carboxylic acids is 1. The summed E-state index contributed by atoms with van der Waals surface area (Å²) in [7, 11) is -3.96. The Bertz CT molecular complexity index is 1510. The van der Waals surface area contributed by atoms with E-state index in [4.69, 9.17) is 9.72 Å². The maximum atomic E-state index is 14.6. The first-order valence-electron chi connectivity index (χ1n) is 14.0. The van der Waals surface area contributed by atoms with E-state index in [0.29, 0.717) is 41.0 Å². The number of hydrogen-bond acceptors (Lipinski definition) is 7. The molecule has 2 aromatic heterocycles. The minimum atomic E-state index is -3.96. The van der Waals surface area contributed by atoms with E-state index < -0.39 is 27.2 Å². The van der Waals surface area contributed by atoms with Crippen LogP contribution < -0.4 is 9.64 Å². The van der Waals surface area contributed by atoms with Gasteiger partial charge in [0.2, 0.25) is 9.84 Å². The molecule has 0 N–H and O–H groups in total. The lowest BCUT2D eigenvalue weighted by atomic mass is 9.91. The van der Waals surface area contributed by atoms with Gasteiger partial charge < -0.3 is 9.64 Å². The van der Waals surface area contributed by atoms with E-state index in [1.165, 1.54) is 18.2 Å². The second kappa shape index (κ2) is 11.6. The number of rotatable bonds is 9. The van der Waals surface area contributed by atoms with Crippen LogP contribution in [0.2, 0.25) is 0 Å². The second-order valence-corrected chi connectivity index (χ2v) is 13.3. The fraction of sp³-hybridized carbons (Fsp3) is 0.452. The van der Waals surface area contributed by atoms with Crippen LogP contribution in [0, 0.1) is 24.6 Å². The van der Waals surface area contributed by atoms with Crippen molar-refractivity contribution in [3.8, 4) is 17.0 Å². The predicted octanol–water partition coefficient (Wildman–Crippen LogP) is 6.05. The van der Waals surface area contributed by atoms with Gasteiger partial charge in [0.05, 0.1) is 17.9 Å². The van der Waals surface area contributed by atoms with Crippen molar-refractivity contribution in [2.75, 3.05) is 23.8 Å². The van der Waals surface area contributed by atoms with Crippen LogP contribution in [0.15, 0.2) is 53.6 Å². The van der Waals surface area contributed by atoms with Gasteiger partial charge in [0.1, 0.15) is 23.1 Å². The summed E-state index contributed by atoms with van der Waals surface area (Å²) in [5, 5.41) is -0.116. The van der Waals surface area contributed by atoms with Crippen molar-refractivity contribution in [3.05, 3.63) is 65.6 Å². The highest BCUT2D eigenvalue weighted by Gasteiger charge is 2.37. The van der Waals surface area contributed by atoms with Gasteiger partial charge in [-0.25, -0.2) is 22.8 Å². The molecule has 0 bridgehead atoms. The van der Waals surface area contributed by atoms with E-state index in [1.807, 2.05) is 13.8 Å². The molecule has 9 heteroatoms. The Labute approximate surface area is 235 Å². The number of piperidine rings is 1. The van der Waals surface area contributed by atoms with Crippen molar-refractivity contribution in [3.63, 3.8) is 0 Å². The van der Waals surface area contributed by atoms with Crippen molar-refractivity contribution in [2.45, 2.75) is 63.9 Å². The standard InChI is InChI=1S/C31H36FN3O4S/c1-20(2)18-39-25-16-23(15-24(32)17-25)27-13-12-26(29(36)19-40(37,38)30-11-4-7-21(3)33-30)31(34-27)35-14-6-9-22-8-5-10-28(22)35/h4,7,11-13,15-17,20,22,28H,5-6,8-10,14,18-19H2,1-3H3. The Morgan fingerprint density at radius 2 is 1.88 bits per heavy atom. The highest BCUT2D eigenvalue weighted by atomic mass is 32.2. The van der Waals surface area contributed by atoms with Crippen molar-refractivity contribution < 1.29 is 22.3 Å². The summed E-state index contributed by atoms with van der Waals surface area (Å²) in [6.45, 7) is 6.94. The summed E-state index contributed by atoms with van der Waals surface area (Å²) in [5.41, 5.74) is 1.87. The molecule has 212 valence electrons. The summed E-state index contributed by atoms with van der Waals surface area (Å²) >= 11 is 0. The molecule has 2 atom stereocenters. The van der Waals surface area contributed by atoms with E-state index in [9.17, 15) is 17.6 Å². The topological polar surface area (TPSA) is 89.5 Å². The van der Waals surface area contributed by atoms with Crippen LogP contribution in [-0.4, -0.2) is 49.1 Å². The summed E-state index contributed by atoms with van der Waals surface area (Å²) in [6, 6.07) is 12.8. The molecule has 3 aromatic rings. The lowest BCUT2D eigenvalue weighted by molar-refractivity contribution is 0.102. The van der Waals surface area contributed by atoms with E-state index >= 15 is 0 Å². The van der Waals surface area contributed by atoms with Gasteiger partial charge in [-0.1, -0.05) is 26.3 Å². The quantitative estimate of drug-likeness (QED) is 0.292. The number of halogens is 1. The van der Waals surface area contributed by atoms with Crippen molar-refractivity contribution in [1.82, 2.24) is 9.97 Å². The van der Waals surface area contributed by atoms with Gasteiger partial charge in [-0.3, -0.25) is 4.79 Å². The van der Waals surface area contributed by atoms with E-state index in [0.717, 1.165) is 38.6 Å². The lowest BCUT2D eigenvalue weighted by Crippen LogP contribution is -2.44. The number of fused-ring (bicyclic) bond motifs is 1. The number of carbonyl (C=O) groups is 1. The summed E-state index contributed by atoms with van der Waals surface area (Å²) < 4.78 is 46.7. The van der Waals surface area contributed by atoms with Gasteiger partial charge in [-0.15, -0.1) is 0 Å². The minimum Gasteiger partial charge on any atom is -0.493 e. The van der Waals surface area contributed by atoms with Gasteiger partial charge in [0, 0.05) is 29.9 Å². The molecule has 40 heavy (non-hydrogen) atoms. The molecule has 0 spiro atoms. The molecule has 0 amide bonds. The summed E-state index contributed by atoms with van der Waals surface area (Å²) in [6.07, 6.45) is 5.36. The predicted molar refractivity (Wildman–Crippen MR) is 153 cm³/mol. The third-order valence-electron chi connectivity index (χ3n) is 7.69. The maximum absolute atomic E-state index is 14.6. The van der Waals surface area contributed by atoms with Gasteiger partial charge in [0.15, 0.2) is 10.8 Å². The molecule has 1 saturated carbocycles. The number of anilines is 1. The highest BCUT2D eigenvalue weighted by molar-refractivity contribution is 7.92. The van der Waals surface area contributed by atoms with Gasteiger partial charge in [-0.2, -0.15) is 0 Å². The number of ketones is 1. The molecule has 1 aliphatic heterocycles. The number of Topliss-reactive ketones (excluding diaryl/α,β-unsaturated/α-hetero) is 1. The monoisotopic (exact) mass is 565 g/mol. The largest absolute Gasteiger partial charge is 0.493 e. The first kappa shape index (κ1) is 28.2. The van der Waals surface area contributed by atoms with Gasteiger partial charge >= 0.3 is 0 Å². The Morgan fingerprint density at radius 1 is 1.07 bits per heavy atom. The molecule has 2 unspecified atom stereocenters. The molecule has 7 nitrogen and oxygen atoms in total. The highest BCUT2D eigenvalue weighted by Crippen LogP contribution is 2.40. The molecular formula is C31H36FN3O4S. The van der Waals surface area contributed by atoms with Crippen LogP contribution in [0.3, 0.4) is 0 Å². The van der Waals surface area contributed by atoms with Crippen LogP contribution in [0.1, 0.15) is 62.0 Å². The number of aryl methyl sites for hydroxylation is 1. The molecule has 1 aliphatic carbocycles. The Morgan fingerprint density at radius 3 is 2.65 bits per heavy atom. The fourth-order valence-electron chi connectivity index (χ4n) is 5.84. The third kappa shape index (κ3) is 6.19. The van der Waals surface area contributed by atoms with Crippen LogP contribution in [0.25, 0.3) is 11.3 Å². The van der Waals surface area contributed by atoms with Crippen molar-refractivity contribution in [2.24, 2.45) is 11.8 Å². The first-order chi connectivity index (χ1) is 19.1. The first-order valence-corrected chi connectivity index (χ1v) is 15.7. The summed E-state index contributed by atoms with van der Waals surface area (Å²) in [5.74, 6) is 0.0207. The molecule has 0 radical (unpaired) electrons. The average Bonchev–Trinajstić information content (AvgIpc) is 3.40. The molecule has 2 aliphatic rings. The van der Waals surface area contributed by atoms with Crippen LogP contribution in [0.5, 0.6) is 5.75 Å². The van der Waals surface area contributed by atoms with Crippen molar-refractivity contribution >= 4 is 21.4 Å². The molecule has 5 rings (SSSR count). The number of hydrogen-bond donors (Lipinski definition) is 0. The number of sulfone groups is 1. The number of benzene rings is 1. The van der Waals surface area contributed by atoms with E-state index in [2.05, 4.69) is 9.88 Å². The zero-order valence-electron chi connectivity index (χ0n) is 23.3. The van der Waals surface area contributed by atoms with E-state index in [-0.39, 0.29) is 22.5 Å². The molecule has 2 fully saturated rings. The zero-order chi connectivity index (χ0) is 28.4. The molecular weight excluding hydrogens is 529 g/mol. The van der Waals surface area contributed by atoms with Crippen molar-refractivity contribution in [1.29, 1.82) is 0 Å². The fourth-order valence-corrected chi connectivity index (χ4v) is 7.05. The molecule has 3 heterocycles. The SMILES string of the molecule is Cc1cccc(S(=O)(=O)CC(=O)c2ccc(-c3cc(F)cc(OCC(C)C)c3)nc2N2CCCC3CCCC32)n1.